The van der Waals surface area contributed by atoms with E-state index < -0.39 is 24.1 Å². The molecule has 33 heavy (non-hydrogen) atoms. The van der Waals surface area contributed by atoms with E-state index in [1.807, 2.05) is 4.90 Å². The van der Waals surface area contributed by atoms with Gasteiger partial charge in [-0.2, -0.15) is 5.10 Å². The number of aliphatic hydroxyl groups excluding tert-OH is 1. The Balaban J connectivity index is 1.64. The van der Waals surface area contributed by atoms with Crippen LogP contribution in [0.15, 0.2) is 42.6 Å². The average molecular weight is 462 g/mol. The Kier molecular flexibility index (Phi) is 6.09. The number of aromatic nitrogens is 3. The fraction of sp³-hybridized carbons (Fsp3) is 0.286. The van der Waals surface area contributed by atoms with Gasteiger partial charge in [0.2, 0.25) is 0 Å². The second kappa shape index (κ2) is 8.98. The molecule has 3 heterocycles. The number of carbonyl (C=O) groups is 1. The monoisotopic (exact) mass is 462 g/mol. The maximum Gasteiger partial charge on any atom is 0.573 e. The molecule has 0 unspecified atom stereocenters. The molecule has 0 bridgehead atoms. The van der Waals surface area contributed by atoms with Gasteiger partial charge in [-0.15, -0.1) is 13.2 Å². The fourth-order valence-corrected chi connectivity index (χ4v) is 3.58. The third kappa shape index (κ3) is 5.17. The Morgan fingerprint density at radius 1 is 1.27 bits per heavy atom. The predicted octanol–water partition coefficient (Wildman–Crippen LogP) is 3.24. The highest BCUT2D eigenvalue weighted by molar-refractivity contribution is 6.08. The molecule has 1 saturated heterocycles. The maximum atomic E-state index is 13.0. The van der Waals surface area contributed by atoms with E-state index in [0.717, 1.165) is 12.1 Å². The summed E-state index contributed by atoms with van der Waals surface area (Å²) < 4.78 is 40.9. The molecule has 0 saturated carbocycles. The van der Waals surface area contributed by atoms with E-state index in [4.69, 9.17) is 0 Å². The van der Waals surface area contributed by atoms with Gasteiger partial charge in [0, 0.05) is 37.6 Å². The number of ether oxygens (including phenoxy) is 1. The van der Waals surface area contributed by atoms with Crippen LogP contribution in [0.4, 0.5) is 30.5 Å². The van der Waals surface area contributed by atoms with Gasteiger partial charge >= 0.3 is 6.36 Å². The largest absolute Gasteiger partial charge is 0.573 e. The molecule has 4 rings (SSSR count). The number of hydrogen-bond acceptors (Lipinski definition) is 7. The molecule has 4 N–H and O–H groups in total. The van der Waals surface area contributed by atoms with Crippen LogP contribution >= 0.6 is 0 Å². The van der Waals surface area contributed by atoms with Gasteiger partial charge in [0.15, 0.2) is 0 Å². The second-order valence-corrected chi connectivity index (χ2v) is 7.39. The highest BCUT2D eigenvalue weighted by Gasteiger charge is 2.31. The number of aliphatic hydroxyl groups is 1. The second-order valence-electron chi connectivity index (χ2n) is 7.39. The zero-order valence-corrected chi connectivity index (χ0v) is 17.5. The first kappa shape index (κ1) is 22.4. The van der Waals surface area contributed by atoms with Crippen LogP contribution in [0.25, 0.3) is 11.3 Å². The Bertz CT molecular complexity index is 1120. The van der Waals surface area contributed by atoms with Crippen LogP contribution in [0, 0.1) is 0 Å². The third-order valence-electron chi connectivity index (χ3n) is 5.08. The van der Waals surface area contributed by atoms with Gasteiger partial charge in [0.25, 0.3) is 5.91 Å². The quantitative estimate of drug-likeness (QED) is 0.445. The molecule has 1 atom stereocenters. The fourth-order valence-electron chi connectivity index (χ4n) is 3.58. The molecule has 2 aromatic heterocycles. The smallest absolute Gasteiger partial charge is 0.406 e. The van der Waals surface area contributed by atoms with Crippen LogP contribution in [0.3, 0.4) is 0 Å². The lowest BCUT2D eigenvalue weighted by molar-refractivity contribution is -0.274. The van der Waals surface area contributed by atoms with Crippen molar-refractivity contribution in [2.24, 2.45) is 0 Å². The summed E-state index contributed by atoms with van der Waals surface area (Å²) in [5.41, 5.74) is 1.77. The number of hydrogen-bond donors (Lipinski definition) is 4. The summed E-state index contributed by atoms with van der Waals surface area (Å²) in [6, 6.07) is 8.23. The van der Waals surface area contributed by atoms with Crippen molar-refractivity contribution in [1.29, 1.82) is 0 Å². The number of rotatable bonds is 6. The molecule has 1 aliphatic heterocycles. The zero-order valence-electron chi connectivity index (χ0n) is 17.5. The summed E-state index contributed by atoms with van der Waals surface area (Å²) in [6.07, 6.45) is -3.08. The van der Waals surface area contributed by atoms with E-state index in [1.165, 1.54) is 12.1 Å². The molecule has 0 aliphatic carbocycles. The van der Waals surface area contributed by atoms with Crippen LogP contribution in [0.1, 0.15) is 16.8 Å². The number of β-amino-alcohol motifs (C(OH)–C–C–N with tert-alkyl or cyclic N) is 1. The average Bonchev–Trinajstić information content (AvgIpc) is 3.45. The van der Waals surface area contributed by atoms with Gasteiger partial charge in [-0.1, -0.05) is 0 Å². The summed E-state index contributed by atoms with van der Waals surface area (Å²) >= 11 is 0. The van der Waals surface area contributed by atoms with Gasteiger partial charge in [-0.05, 0) is 42.8 Å². The number of nitrogens with zero attached hydrogens (tertiary/aromatic N) is 3. The van der Waals surface area contributed by atoms with Crippen molar-refractivity contribution in [2.75, 3.05) is 35.7 Å². The zero-order chi connectivity index (χ0) is 23.6. The van der Waals surface area contributed by atoms with Crippen LogP contribution in [0.5, 0.6) is 5.75 Å². The van der Waals surface area contributed by atoms with Crippen molar-refractivity contribution >= 4 is 23.2 Å². The number of H-pyrrole nitrogens is 1. The molecule has 9 nitrogen and oxygen atoms in total. The number of anilines is 3. The molecular formula is C21H21F3N6O3. The summed E-state index contributed by atoms with van der Waals surface area (Å²) in [6.45, 7) is 1.02. The Morgan fingerprint density at radius 2 is 2.03 bits per heavy atom. The van der Waals surface area contributed by atoms with Crippen molar-refractivity contribution in [3.8, 4) is 17.0 Å². The van der Waals surface area contributed by atoms with Crippen molar-refractivity contribution in [2.45, 2.75) is 18.9 Å². The van der Waals surface area contributed by atoms with Crippen molar-refractivity contribution in [3.05, 3.63) is 48.2 Å². The topological polar surface area (TPSA) is 115 Å². The number of carbonyl (C=O) groups excluding carboxylic acids is 1. The van der Waals surface area contributed by atoms with Crippen molar-refractivity contribution < 1.29 is 27.8 Å². The molecule has 0 radical (unpaired) electrons. The molecule has 174 valence electrons. The molecule has 1 amide bonds. The summed E-state index contributed by atoms with van der Waals surface area (Å²) in [5.74, 6) is -0.00333. The normalized spacial score (nSPS) is 16.0. The number of aromatic amines is 1. The first-order chi connectivity index (χ1) is 15.7. The van der Waals surface area contributed by atoms with E-state index in [9.17, 15) is 23.1 Å². The molecular weight excluding hydrogens is 441 g/mol. The van der Waals surface area contributed by atoms with E-state index >= 15 is 0 Å². The van der Waals surface area contributed by atoms with Crippen molar-refractivity contribution in [1.82, 2.24) is 15.2 Å². The van der Waals surface area contributed by atoms with Crippen molar-refractivity contribution in [3.63, 3.8) is 0 Å². The molecule has 1 aromatic carbocycles. The van der Waals surface area contributed by atoms with Gasteiger partial charge in [0.05, 0.1) is 17.4 Å². The van der Waals surface area contributed by atoms with E-state index in [0.29, 0.717) is 42.4 Å². The summed E-state index contributed by atoms with van der Waals surface area (Å²) in [4.78, 5) is 19.6. The van der Waals surface area contributed by atoms with Crippen LogP contribution in [-0.2, 0) is 0 Å². The first-order valence-corrected chi connectivity index (χ1v) is 10.1. The minimum absolute atomic E-state index is 0.223. The first-order valence-electron chi connectivity index (χ1n) is 10.1. The number of pyridine rings is 1. The minimum Gasteiger partial charge on any atom is -0.406 e. The number of benzene rings is 1. The molecule has 3 aromatic rings. The van der Waals surface area contributed by atoms with E-state index in [1.54, 1.807) is 25.4 Å². The van der Waals surface area contributed by atoms with E-state index in [-0.39, 0.29) is 11.3 Å². The standard InChI is InChI=1S/C21H21F3N6O3/c1-25-18-16(20(32)27-12-2-4-14(5-3-12)33-21(22,23)24)10-15(17-6-8-26-29-17)19(28-18)30-9-7-13(31)11-30/h2-6,8,10,13,31H,7,9,11H2,1H3,(H,25,28)(H,26,29)(H,27,32)/t13-/m1/s1. The minimum atomic E-state index is -4.80. The summed E-state index contributed by atoms with van der Waals surface area (Å²) in [5, 5.41) is 22.4. The maximum absolute atomic E-state index is 13.0. The van der Waals surface area contributed by atoms with E-state index in [2.05, 4.69) is 30.6 Å². The lowest BCUT2D eigenvalue weighted by Crippen LogP contribution is -2.24. The number of alkyl halides is 3. The van der Waals surface area contributed by atoms with Gasteiger partial charge in [-0.25, -0.2) is 4.98 Å². The Hall–Kier alpha value is -3.80. The highest BCUT2D eigenvalue weighted by Crippen LogP contribution is 2.34. The van der Waals surface area contributed by atoms with Crippen LogP contribution in [-0.4, -0.2) is 58.8 Å². The lowest BCUT2D eigenvalue weighted by Gasteiger charge is -2.22. The number of halogens is 3. The number of amides is 1. The molecule has 1 aliphatic rings. The lowest BCUT2D eigenvalue weighted by atomic mass is 10.1. The van der Waals surface area contributed by atoms with Gasteiger partial charge in [-0.3, -0.25) is 9.89 Å². The molecule has 12 heteroatoms. The predicted molar refractivity (Wildman–Crippen MR) is 115 cm³/mol. The van der Waals surface area contributed by atoms with Gasteiger partial charge < -0.3 is 25.4 Å². The third-order valence-corrected chi connectivity index (χ3v) is 5.08. The van der Waals surface area contributed by atoms with Gasteiger partial charge in [0.1, 0.15) is 17.4 Å². The SMILES string of the molecule is CNc1nc(N2CC[C@@H](O)C2)c(-c2ccn[nH]2)cc1C(=O)Nc1ccc(OC(F)(F)F)cc1. The highest BCUT2D eigenvalue weighted by atomic mass is 19.4. The Morgan fingerprint density at radius 3 is 2.61 bits per heavy atom. The Labute approximate surface area is 186 Å². The van der Waals surface area contributed by atoms with Crippen LogP contribution in [0.2, 0.25) is 0 Å². The molecule has 1 fully saturated rings. The van der Waals surface area contributed by atoms with Crippen LogP contribution < -0.4 is 20.3 Å². The molecule has 0 spiro atoms. The number of nitrogens with one attached hydrogen (secondary N) is 3. The summed E-state index contributed by atoms with van der Waals surface area (Å²) in [7, 11) is 1.63.